The smallest absolute Gasteiger partial charge is 0.292 e. The Labute approximate surface area is 186 Å². The highest BCUT2D eigenvalue weighted by atomic mass is 19.3. The van der Waals surface area contributed by atoms with Crippen LogP contribution in [0.2, 0.25) is 0 Å². The van der Waals surface area contributed by atoms with Crippen molar-refractivity contribution in [3.63, 3.8) is 0 Å². The molecule has 0 fully saturated rings. The molecule has 170 valence electrons. The van der Waals surface area contributed by atoms with Crippen LogP contribution in [-0.2, 0) is 12.0 Å². The topological polar surface area (TPSA) is 121 Å². The summed E-state index contributed by atoms with van der Waals surface area (Å²) < 4.78 is 32.8. The van der Waals surface area contributed by atoms with Crippen molar-refractivity contribution in [2.75, 3.05) is 6.54 Å². The number of aromatic nitrogens is 5. The summed E-state index contributed by atoms with van der Waals surface area (Å²) in [5.41, 5.74) is 0.0529. The number of oxazole rings is 1. The van der Waals surface area contributed by atoms with Gasteiger partial charge >= 0.3 is 0 Å². The van der Waals surface area contributed by atoms with E-state index in [0.29, 0.717) is 23.3 Å². The van der Waals surface area contributed by atoms with Crippen LogP contribution in [0.1, 0.15) is 65.5 Å². The number of hydrogen-bond acceptors (Lipinski definition) is 7. The third kappa shape index (κ3) is 3.63. The standard InChI is InChI=1S/C22H20F2N6O3/c1-22(2,32)21-27-16(19(23)24)18(33-21)20(31)30-8-7-13-15(26-10-25-13)17(30)14-9-11-5-3-4-6-12(11)28-29-14/h3-6,9-10,17,19,32H,7-8H2,1-2H3,(H,25,26)/t17-/m0/s1. The Bertz CT molecular complexity index is 1340. The zero-order chi connectivity index (χ0) is 23.3. The van der Waals surface area contributed by atoms with E-state index < -0.39 is 35.4 Å². The number of fused-ring (bicyclic) bond motifs is 2. The van der Waals surface area contributed by atoms with E-state index in [0.717, 1.165) is 11.1 Å². The summed E-state index contributed by atoms with van der Waals surface area (Å²) in [7, 11) is 0. The van der Waals surface area contributed by atoms with E-state index >= 15 is 0 Å². The zero-order valence-electron chi connectivity index (χ0n) is 17.8. The van der Waals surface area contributed by atoms with Gasteiger partial charge in [0, 0.05) is 24.0 Å². The number of alkyl halides is 2. The highest BCUT2D eigenvalue weighted by Crippen LogP contribution is 2.36. The lowest BCUT2D eigenvalue weighted by atomic mass is 9.98. The largest absolute Gasteiger partial charge is 0.432 e. The summed E-state index contributed by atoms with van der Waals surface area (Å²) in [5.74, 6) is -1.76. The van der Waals surface area contributed by atoms with Crippen LogP contribution in [0.15, 0.2) is 41.1 Å². The summed E-state index contributed by atoms with van der Waals surface area (Å²) in [4.78, 5) is 26.1. The van der Waals surface area contributed by atoms with Crippen LogP contribution < -0.4 is 0 Å². The molecule has 0 aliphatic carbocycles. The number of nitrogens with one attached hydrogen (secondary N) is 1. The SMILES string of the molecule is CC(C)(O)c1nc(C(F)F)c(C(=O)N2CCc3[nH]cnc3[C@@H]2c2cc3ccccc3nn2)o1. The molecule has 0 spiro atoms. The first-order valence-corrected chi connectivity index (χ1v) is 10.3. The van der Waals surface area contributed by atoms with Crippen molar-refractivity contribution in [3.05, 3.63) is 71.1 Å². The Kier molecular flexibility index (Phi) is 4.93. The summed E-state index contributed by atoms with van der Waals surface area (Å²) in [6.45, 7) is 2.88. The van der Waals surface area contributed by atoms with E-state index in [4.69, 9.17) is 4.42 Å². The van der Waals surface area contributed by atoms with Crippen molar-refractivity contribution < 1.29 is 23.1 Å². The fourth-order valence-corrected chi connectivity index (χ4v) is 3.95. The van der Waals surface area contributed by atoms with Gasteiger partial charge in [-0.2, -0.15) is 10.2 Å². The van der Waals surface area contributed by atoms with Crippen LogP contribution in [-0.4, -0.2) is 47.6 Å². The maximum absolute atomic E-state index is 13.7. The first kappa shape index (κ1) is 21.1. The number of aliphatic hydroxyl groups is 1. The number of H-pyrrole nitrogens is 1. The molecule has 9 nitrogen and oxygen atoms in total. The highest BCUT2D eigenvalue weighted by Gasteiger charge is 2.40. The third-order valence-electron chi connectivity index (χ3n) is 5.56. The van der Waals surface area contributed by atoms with E-state index in [2.05, 4.69) is 25.1 Å². The minimum absolute atomic E-state index is 0.203. The number of hydrogen-bond donors (Lipinski definition) is 2. The first-order valence-electron chi connectivity index (χ1n) is 10.3. The summed E-state index contributed by atoms with van der Waals surface area (Å²) in [5, 5.41) is 19.5. The second kappa shape index (κ2) is 7.69. The normalized spacial score (nSPS) is 16.4. The lowest BCUT2D eigenvalue weighted by Crippen LogP contribution is -2.41. The average molecular weight is 454 g/mol. The molecule has 0 radical (unpaired) electrons. The van der Waals surface area contributed by atoms with Gasteiger partial charge in [-0.1, -0.05) is 18.2 Å². The molecular weight excluding hydrogens is 434 g/mol. The number of aromatic amines is 1. The Morgan fingerprint density at radius 3 is 2.85 bits per heavy atom. The molecule has 4 aromatic rings. The quantitative estimate of drug-likeness (QED) is 0.485. The maximum Gasteiger partial charge on any atom is 0.292 e. The molecule has 0 saturated carbocycles. The number of carbonyl (C=O) groups is 1. The molecule has 0 saturated heterocycles. The van der Waals surface area contributed by atoms with Gasteiger partial charge in [-0.15, -0.1) is 0 Å². The van der Waals surface area contributed by atoms with Crippen LogP contribution in [0.25, 0.3) is 10.9 Å². The zero-order valence-corrected chi connectivity index (χ0v) is 17.8. The summed E-state index contributed by atoms with van der Waals surface area (Å²) >= 11 is 0. The van der Waals surface area contributed by atoms with Crippen molar-refractivity contribution in [1.82, 2.24) is 30.0 Å². The molecule has 5 rings (SSSR count). The van der Waals surface area contributed by atoms with Crippen molar-refractivity contribution in [2.45, 2.75) is 38.3 Å². The van der Waals surface area contributed by atoms with E-state index in [1.807, 2.05) is 24.3 Å². The molecule has 1 aliphatic rings. The van der Waals surface area contributed by atoms with Crippen LogP contribution in [0.5, 0.6) is 0 Å². The van der Waals surface area contributed by atoms with Gasteiger partial charge in [0.2, 0.25) is 11.7 Å². The molecule has 11 heteroatoms. The van der Waals surface area contributed by atoms with Crippen LogP contribution in [0.3, 0.4) is 0 Å². The van der Waals surface area contributed by atoms with Gasteiger partial charge in [0.25, 0.3) is 12.3 Å². The van der Waals surface area contributed by atoms with Crippen molar-refractivity contribution >= 4 is 16.8 Å². The second-order valence-corrected chi connectivity index (χ2v) is 8.34. The minimum Gasteiger partial charge on any atom is -0.432 e. The first-order chi connectivity index (χ1) is 15.7. The predicted molar refractivity (Wildman–Crippen MR) is 111 cm³/mol. The Morgan fingerprint density at radius 1 is 1.30 bits per heavy atom. The molecule has 1 aliphatic heterocycles. The Hall–Kier alpha value is -3.73. The second-order valence-electron chi connectivity index (χ2n) is 8.34. The van der Waals surface area contributed by atoms with Crippen molar-refractivity contribution in [1.29, 1.82) is 0 Å². The number of amides is 1. The number of nitrogens with zero attached hydrogens (tertiary/aromatic N) is 5. The van der Waals surface area contributed by atoms with Gasteiger partial charge < -0.3 is 19.4 Å². The Morgan fingerprint density at radius 2 is 2.09 bits per heavy atom. The number of benzene rings is 1. The fourth-order valence-electron chi connectivity index (χ4n) is 3.95. The van der Waals surface area contributed by atoms with Gasteiger partial charge in [0.15, 0.2) is 5.69 Å². The summed E-state index contributed by atoms with van der Waals surface area (Å²) in [6, 6.07) is 8.42. The van der Waals surface area contributed by atoms with Gasteiger partial charge in [0.1, 0.15) is 11.6 Å². The number of rotatable bonds is 4. The van der Waals surface area contributed by atoms with E-state index in [9.17, 15) is 18.7 Å². The van der Waals surface area contributed by atoms with E-state index in [1.165, 1.54) is 25.1 Å². The predicted octanol–water partition coefficient (Wildman–Crippen LogP) is 3.29. The number of carbonyl (C=O) groups excluding carboxylic acids is 1. The molecule has 33 heavy (non-hydrogen) atoms. The molecule has 0 bridgehead atoms. The average Bonchev–Trinajstić information content (AvgIpc) is 3.45. The van der Waals surface area contributed by atoms with Crippen LogP contribution in [0, 0.1) is 0 Å². The minimum atomic E-state index is -3.06. The monoisotopic (exact) mass is 454 g/mol. The lowest BCUT2D eigenvalue weighted by Gasteiger charge is -2.34. The molecule has 1 amide bonds. The number of imidazole rings is 1. The molecule has 4 heterocycles. The molecular formula is C22H20F2N6O3. The van der Waals surface area contributed by atoms with Gasteiger partial charge in [-0.05, 0) is 26.0 Å². The van der Waals surface area contributed by atoms with Crippen LogP contribution >= 0.6 is 0 Å². The maximum atomic E-state index is 13.7. The molecule has 1 aromatic carbocycles. The molecule has 3 aromatic heterocycles. The van der Waals surface area contributed by atoms with Crippen molar-refractivity contribution in [3.8, 4) is 0 Å². The molecule has 1 atom stereocenters. The van der Waals surface area contributed by atoms with Gasteiger partial charge in [-0.3, -0.25) is 4.79 Å². The van der Waals surface area contributed by atoms with Gasteiger partial charge in [0.05, 0.1) is 23.2 Å². The number of halogens is 2. The molecule has 2 N–H and O–H groups in total. The van der Waals surface area contributed by atoms with E-state index in [1.54, 1.807) is 6.07 Å². The van der Waals surface area contributed by atoms with Crippen molar-refractivity contribution in [2.24, 2.45) is 0 Å². The molecule has 0 unspecified atom stereocenters. The third-order valence-corrected chi connectivity index (χ3v) is 5.56. The van der Waals surface area contributed by atoms with Crippen LogP contribution in [0.4, 0.5) is 8.78 Å². The highest BCUT2D eigenvalue weighted by molar-refractivity contribution is 5.93. The fraction of sp³-hybridized carbons (Fsp3) is 0.318. The Balaban J connectivity index is 1.62. The van der Waals surface area contributed by atoms with E-state index in [-0.39, 0.29) is 12.4 Å². The summed E-state index contributed by atoms with van der Waals surface area (Å²) in [6.07, 6.45) is -1.10. The van der Waals surface area contributed by atoms with Gasteiger partial charge in [-0.25, -0.2) is 18.7 Å². The lowest BCUT2D eigenvalue weighted by molar-refractivity contribution is 0.0440.